The van der Waals surface area contributed by atoms with E-state index in [2.05, 4.69) is 0 Å². The van der Waals surface area contributed by atoms with Gasteiger partial charge in [0.15, 0.2) is 0 Å². The second-order valence-corrected chi connectivity index (χ2v) is 6.80. The second-order valence-electron chi connectivity index (χ2n) is 6.80. The Bertz CT molecular complexity index is 1200. The molecular formula is C23H16O6. The normalized spacial score (nSPS) is 11.0. The number of benzene rings is 4. The van der Waals surface area contributed by atoms with Crippen LogP contribution in [0.4, 0.5) is 0 Å². The first-order chi connectivity index (χ1) is 13.8. The van der Waals surface area contributed by atoms with Crippen molar-refractivity contribution in [2.24, 2.45) is 0 Å². The minimum atomic E-state index is -1.13. The zero-order chi connectivity index (χ0) is 20.7. The fourth-order valence-electron chi connectivity index (χ4n) is 3.73. The van der Waals surface area contributed by atoms with Gasteiger partial charge in [0.1, 0.15) is 11.5 Å². The smallest absolute Gasteiger partial charge is 0.336 e. The highest BCUT2D eigenvalue weighted by molar-refractivity contribution is 6.07. The van der Waals surface area contributed by atoms with Gasteiger partial charge in [-0.2, -0.15) is 0 Å². The number of carboxylic acid groups (broad SMARTS) is 2. The second kappa shape index (κ2) is 6.83. The number of phenolic OH excluding ortho intramolecular Hbond substituents is 2. The summed E-state index contributed by atoms with van der Waals surface area (Å²) in [5.74, 6) is -2.18. The van der Waals surface area contributed by atoms with Crippen molar-refractivity contribution in [3.63, 3.8) is 0 Å². The number of phenols is 2. The van der Waals surface area contributed by atoms with Crippen molar-refractivity contribution in [3.8, 4) is 11.5 Å². The Labute approximate surface area is 164 Å². The van der Waals surface area contributed by atoms with E-state index in [1.165, 1.54) is 24.3 Å². The molecule has 0 atom stereocenters. The maximum Gasteiger partial charge on any atom is 0.336 e. The highest BCUT2D eigenvalue weighted by Crippen LogP contribution is 2.31. The molecule has 0 aliphatic carbocycles. The standard InChI is InChI=1S/C23H16O6/c24-16-5-7-18-12(10-16)1-3-14(20(18)22(26)27)9-15-4-2-13-11-17(25)6-8-19(13)21(15)23(28)29/h1-8,10-11,24-25H,9H2,(H,26,27)(H,28,29). The average molecular weight is 388 g/mol. The summed E-state index contributed by atoms with van der Waals surface area (Å²) in [6.07, 6.45) is 0.108. The molecule has 0 aromatic heterocycles. The third-order valence-electron chi connectivity index (χ3n) is 4.99. The molecule has 0 amide bonds. The van der Waals surface area contributed by atoms with Gasteiger partial charge in [0, 0.05) is 0 Å². The minimum absolute atomic E-state index is 0.0348. The zero-order valence-electron chi connectivity index (χ0n) is 15.1. The molecule has 0 saturated carbocycles. The van der Waals surface area contributed by atoms with Gasteiger partial charge in [-0.05, 0) is 75.5 Å². The average Bonchev–Trinajstić information content (AvgIpc) is 2.67. The molecule has 0 radical (unpaired) electrons. The lowest BCUT2D eigenvalue weighted by Gasteiger charge is -2.14. The van der Waals surface area contributed by atoms with Crippen molar-refractivity contribution in [1.29, 1.82) is 0 Å². The number of rotatable bonds is 4. The van der Waals surface area contributed by atoms with Gasteiger partial charge in [-0.3, -0.25) is 0 Å². The molecule has 4 N–H and O–H groups in total. The van der Waals surface area contributed by atoms with Gasteiger partial charge < -0.3 is 20.4 Å². The van der Waals surface area contributed by atoms with Crippen LogP contribution in [-0.4, -0.2) is 32.4 Å². The molecule has 0 bridgehead atoms. The molecule has 6 nitrogen and oxygen atoms in total. The fraction of sp³-hybridized carbons (Fsp3) is 0.0435. The molecule has 4 aromatic carbocycles. The maximum atomic E-state index is 12.0. The summed E-state index contributed by atoms with van der Waals surface area (Å²) in [6.45, 7) is 0. The molecule has 0 fully saturated rings. The molecule has 0 aliphatic heterocycles. The lowest BCUT2D eigenvalue weighted by atomic mass is 9.90. The zero-order valence-corrected chi connectivity index (χ0v) is 15.1. The molecule has 4 rings (SSSR count). The van der Waals surface area contributed by atoms with Crippen molar-refractivity contribution in [2.75, 3.05) is 0 Å². The van der Waals surface area contributed by atoms with Crippen LogP contribution >= 0.6 is 0 Å². The Balaban J connectivity index is 1.92. The topological polar surface area (TPSA) is 115 Å². The SMILES string of the molecule is O=C(O)c1c(Cc2ccc3cc(O)ccc3c2C(=O)O)ccc2cc(O)ccc12. The monoisotopic (exact) mass is 388 g/mol. The van der Waals surface area contributed by atoms with Crippen LogP contribution in [0.1, 0.15) is 31.8 Å². The van der Waals surface area contributed by atoms with Crippen molar-refractivity contribution in [1.82, 2.24) is 0 Å². The lowest BCUT2D eigenvalue weighted by Crippen LogP contribution is -2.08. The predicted octanol–water partition coefficient (Wildman–Crippen LogP) is 4.39. The molecule has 0 saturated heterocycles. The van der Waals surface area contributed by atoms with E-state index in [4.69, 9.17) is 0 Å². The number of carbonyl (C=O) groups is 2. The molecule has 4 aromatic rings. The van der Waals surface area contributed by atoms with Gasteiger partial charge >= 0.3 is 11.9 Å². The number of fused-ring (bicyclic) bond motifs is 2. The summed E-state index contributed by atoms with van der Waals surface area (Å²) >= 11 is 0. The molecule has 0 spiro atoms. The van der Waals surface area contributed by atoms with Crippen molar-refractivity contribution >= 4 is 33.5 Å². The summed E-state index contributed by atoms with van der Waals surface area (Å²) in [5, 5.41) is 41.0. The largest absolute Gasteiger partial charge is 0.508 e. The summed E-state index contributed by atoms with van der Waals surface area (Å²) in [7, 11) is 0. The third-order valence-corrected chi connectivity index (χ3v) is 4.99. The number of aromatic carboxylic acids is 2. The fourth-order valence-corrected chi connectivity index (χ4v) is 3.73. The summed E-state index contributed by atoms with van der Waals surface area (Å²) in [5.41, 5.74) is 1.09. The quantitative estimate of drug-likeness (QED) is 0.412. The maximum absolute atomic E-state index is 12.0. The van der Waals surface area contributed by atoms with Gasteiger partial charge in [-0.15, -0.1) is 0 Å². The van der Waals surface area contributed by atoms with E-state index < -0.39 is 11.9 Å². The summed E-state index contributed by atoms with van der Waals surface area (Å²) in [4.78, 5) is 23.9. The minimum Gasteiger partial charge on any atom is -0.508 e. The van der Waals surface area contributed by atoms with Crippen LogP contribution in [0.15, 0.2) is 60.7 Å². The van der Waals surface area contributed by atoms with Gasteiger partial charge in [-0.25, -0.2) is 9.59 Å². The van der Waals surface area contributed by atoms with Crippen LogP contribution in [0.2, 0.25) is 0 Å². The predicted molar refractivity (Wildman–Crippen MR) is 108 cm³/mol. The van der Waals surface area contributed by atoms with E-state index in [1.807, 2.05) is 0 Å². The van der Waals surface area contributed by atoms with Crippen LogP contribution < -0.4 is 0 Å². The van der Waals surface area contributed by atoms with E-state index in [1.54, 1.807) is 36.4 Å². The first kappa shape index (κ1) is 18.3. The molecule has 0 unspecified atom stereocenters. The third kappa shape index (κ3) is 3.21. The summed E-state index contributed by atoms with van der Waals surface area (Å²) in [6, 6.07) is 15.6. The lowest BCUT2D eigenvalue weighted by molar-refractivity contribution is 0.0688. The van der Waals surface area contributed by atoms with E-state index in [0.717, 1.165) is 0 Å². The molecule has 144 valence electrons. The first-order valence-electron chi connectivity index (χ1n) is 8.81. The van der Waals surface area contributed by atoms with Crippen LogP contribution in [0.5, 0.6) is 11.5 Å². The van der Waals surface area contributed by atoms with Crippen molar-refractivity contribution in [2.45, 2.75) is 6.42 Å². The number of aromatic hydroxyl groups is 2. The summed E-state index contributed by atoms with van der Waals surface area (Å²) < 4.78 is 0. The Morgan fingerprint density at radius 2 is 1.03 bits per heavy atom. The van der Waals surface area contributed by atoms with Crippen LogP contribution in [0, 0.1) is 0 Å². The number of hydrogen-bond donors (Lipinski definition) is 4. The van der Waals surface area contributed by atoms with Crippen molar-refractivity contribution in [3.05, 3.63) is 82.9 Å². The van der Waals surface area contributed by atoms with E-state index in [-0.39, 0.29) is 29.0 Å². The molecule has 6 heteroatoms. The Kier molecular flexibility index (Phi) is 4.31. The highest BCUT2D eigenvalue weighted by atomic mass is 16.4. The molecule has 29 heavy (non-hydrogen) atoms. The van der Waals surface area contributed by atoms with Gasteiger partial charge in [0.05, 0.1) is 11.1 Å². The van der Waals surface area contributed by atoms with Crippen molar-refractivity contribution < 1.29 is 30.0 Å². The van der Waals surface area contributed by atoms with Crippen LogP contribution in [0.25, 0.3) is 21.5 Å². The molecule has 0 aliphatic rings. The Morgan fingerprint density at radius 3 is 1.41 bits per heavy atom. The number of carboxylic acids is 2. The van der Waals surface area contributed by atoms with Gasteiger partial charge in [0.25, 0.3) is 0 Å². The van der Waals surface area contributed by atoms with E-state index in [0.29, 0.717) is 32.7 Å². The van der Waals surface area contributed by atoms with E-state index in [9.17, 15) is 30.0 Å². The molecule has 0 heterocycles. The first-order valence-corrected chi connectivity index (χ1v) is 8.81. The van der Waals surface area contributed by atoms with Crippen LogP contribution in [-0.2, 0) is 6.42 Å². The number of hydrogen-bond acceptors (Lipinski definition) is 4. The Morgan fingerprint density at radius 1 is 0.621 bits per heavy atom. The van der Waals surface area contributed by atoms with Crippen LogP contribution in [0.3, 0.4) is 0 Å². The van der Waals surface area contributed by atoms with E-state index >= 15 is 0 Å². The molecular weight excluding hydrogens is 372 g/mol. The highest BCUT2D eigenvalue weighted by Gasteiger charge is 2.19. The van der Waals surface area contributed by atoms with Gasteiger partial charge in [-0.1, -0.05) is 24.3 Å². The van der Waals surface area contributed by atoms with Gasteiger partial charge in [0.2, 0.25) is 0 Å². The Hall–Kier alpha value is -4.06.